The summed E-state index contributed by atoms with van der Waals surface area (Å²) >= 11 is 0. The van der Waals surface area contributed by atoms with Gasteiger partial charge in [0.1, 0.15) is 5.75 Å². The number of carbonyl (C=O) groups excluding carboxylic acids is 2. The van der Waals surface area contributed by atoms with Crippen molar-refractivity contribution in [1.82, 2.24) is 4.90 Å². The second-order valence-corrected chi connectivity index (χ2v) is 8.39. The molecule has 3 rings (SSSR count). The van der Waals surface area contributed by atoms with Gasteiger partial charge in [-0.1, -0.05) is 37.3 Å². The highest BCUT2D eigenvalue weighted by Crippen LogP contribution is 2.30. The number of ether oxygens (including phenoxy) is 1. The summed E-state index contributed by atoms with van der Waals surface area (Å²) in [6.07, 6.45) is 0.401. The highest BCUT2D eigenvalue weighted by Gasteiger charge is 2.25. The Morgan fingerprint density at radius 3 is 2.24 bits per heavy atom. The summed E-state index contributed by atoms with van der Waals surface area (Å²) < 4.78 is 5.25. The average molecular weight is 460 g/mol. The SMILES string of the molecule is CCC(=O)Nc1ccc(N(C)C)c(CN(C(=O)c2ccc(OC)cc2)C(C)c2ccccc2)c1. The molecule has 6 heteroatoms. The van der Waals surface area contributed by atoms with Crippen molar-refractivity contribution in [2.45, 2.75) is 32.9 Å². The maximum Gasteiger partial charge on any atom is 0.254 e. The number of benzene rings is 3. The van der Waals surface area contributed by atoms with Crippen molar-refractivity contribution in [1.29, 1.82) is 0 Å². The molecule has 0 aromatic heterocycles. The number of methoxy groups -OCH3 is 1. The van der Waals surface area contributed by atoms with Crippen molar-refractivity contribution in [3.63, 3.8) is 0 Å². The molecule has 1 N–H and O–H groups in total. The smallest absolute Gasteiger partial charge is 0.254 e. The van der Waals surface area contributed by atoms with Crippen LogP contribution in [0.5, 0.6) is 5.75 Å². The first-order valence-corrected chi connectivity index (χ1v) is 11.4. The molecule has 0 heterocycles. The van der Waals surface area contributed by atoms with Crippen LogP contribution in [-0.2, 0) is 11.3 Å². The van der Waals surface area contributed by atoms with E-state index in [1.54, 1.807) is 31.4 Å². The molecule has 1 unspecified atom stereocenters. The first-order valence-electron chi connectivity index (χ1n) is 11.4. The molecule has 2 amide bonds. The van der Waals surface area contributed by atoms with Gasteiger partial charge in [-0.2, -0.15) is 0 Å². The van der Waals surface area contributed by atoms with E-state index in [9.17, 15) is 9.59 Å². The fraction of sp³-hybridized carbons (Fsp3) is 0.286. The number of hydrogen-bond donors (Lipinski definition) is 1. The number of hydrogen-bond acceptors (Lipinski definition) is 4. The van der Waals surface area contributed by atoms with Gasteiger partial charge in [0.25, 0.3) is 5.91 Å². The zero-order valence-corrected chi connectivity index (χ0v) is 20.5. The molecule has 0 aliphatic rings. The monoisotopic (exact) mass is 459 g/mol. The van der Waals surface area contributed by atoms with Crippen molar-refractivity contribution in [3.8, 4) is 5.75 Å². The number of amides is 2. The van der Waals surface area contributed by atoms with Gasteiger partial charge in [-0.3, -0.25) is 9.59 Å². The van der Waals surface area contributed by atoms with Gasteiger partial charge in [-0.15, -0.1) is 0 Å². The first-order chi connectivity index (χ1) is 16.3. The van der Waals surface area contributed by atoms with Crippen LogP contribution in [0.1, 0.15) is 47.8 Å². The predicted octanol–water partition coefficient (Wildman–Crippen LogP) is 5.51. The lowest BCUT2D eigenvalue weighted by molar-refractivity contribution is -0.115. The van der Waals surface area contributed by atoms with Crippen LogP contribution in [0.4, 0.5) is 11.4 Å². The Labute approximate surface area is 202 Å². The molecule has 1 atom stereocenters. The van der Waals surface area contributed by atoms with Gasteiger partial charge in [0.15, 0.2) is 0 Å². The van der Waals surface area contributed by atoms with Crippen LogP contribution in [0, 0.1) is 0 Å². The Balaban J connectivity index is 2.03. The summed E-state index contributed by atoms with van der Waals surface area (Å²) in [6.45, 7) is 4.24. The number of rotatable bonds is 9. The third-order valence-corrected chi connectivity index (χ3v) is 5.85. The van der Waals surface area contributed by atoms with Crippen molar-refractivity contribution >= 4 is 23.2 Å². The molecule has 6 nitrogen and oxygen atoms in total. The van der Waals surface area contributed by atoms with Crippen LogP contribution in [-0.4, -0.2) is 37.9 Å². The Hall–Kier alpha value is -3.80. The fourth-order valence-electron chi connectivity index (χ4n) is 3.85. The summed E-state index contributed by atoms with van der Waals surface area (Å²) in [5.41, 5.74) is 4.29. The molecule has 34 heavy (non-hydrogen) atoms. The van der Waals surface area contributed by atoms with Gasteiger partial charge in [0.2, 0.25) is 5.91 Å². The summed E-state index contributed by atoms with van der Waals surface area (Å²) in [4.78, 5) is 29.6. The van der Waals surface area contributed by atoms with Gasteiger partial charge < -0.3 is 19.9 Å². The topological polar surface area (TPSA) is 61.9 Å². The van der Waals surface area contributed by atoms with Gasteiger partial charge >= 0.3 is 0 Å². The Morgan fingerprint density at radius 2 is 1.65 bits per heavy atom. The van der Waals surface area contributed by atoms with E-state index in [1.807, 2.05) is 86.3 Å². The molecule has 0 fully saturated rings. The third-order valence-electron chi connectivity index (χ3n) is 5.85. The van der Waals surface area contributed by atoms with Crippen molar-refractivity contribution in [2.75, 3.05) is 31.4 Å². The highest BCUT2D eigenvalue weighted by atomic mass is 16.5. The first kappa shape index (κ1) is 24.8. The van der Waals surface area contributed by atoms with Crippen LogP contribution >= 0.6 is 0 Å². The number of carbonyl (C=O) groups is 2. The van der Waals surface area contributed by atoms with Gasteiger partial charge in [-0.25, -0.2) is 0 Å². The molecule has 0 bridgehead atoms. The number of nitrogens with zero attached hydrogens (tertiary/aromatic N) is 2. The standard InChI is InChI=1S/C28H33N3O3/c1-6-27(32)29-24-14-17-26(30(3)4)23(18-24)19-31(20(2)21-10-8-7-9-11-21)28(33)22-12-15-25(34-5)16-13-22/h7-18,20H,6,19H2,1-5H3,(H,29,32). The molecule has 0 spiro atoms. The van der Waals surface area contributed by atoms with E-state index in [2.05, 4.69) is 5.32 Å². The van der Waals surface area contributed by atoms with Crippen LogP contribution in [0.15, 0.2) is 72.8 Å². The lowest BCUT2D eigenvalue weighted by Crippen LogP contribution is -2.33. The van der Waals surface area contributed by atoms with Crippen LogP contribution < -0.4 is 15.0 Å². The van der Waals surface area contributed by atoms with Gasteiger partial charge in [0, 0.05) is 44.0 Å². The van der Waals surface area contributed by atoms with E-state index in [0.717, 1.165) is 22.5 Å². The molecular formula is C28H33N3O3. The Morgan fingerprint density at radius 1 is 0.971 bits per heavy atom. The quantitative estimate of drug-likeness (QED) is 0.458. The minimum absolute atomic E-state index is 0.0487. The number of nitrogens with one attached hydrogen (secondary N) is 1. The molecule has 0 radical (unpaired) electrons. The van der Waals surface area contributed by atoms with E-state index >= 15 is 0 Å². The van der Waals surface area contributed by atoms with Crippen molar-refractivity contribution in [3.05, 3.63) is 89.5 Å². The molecular weight excluding hydrogens is 426 g/mol. The third kappa shape index (κ3) is 5.95. The molecule has 0 aliphatic carbocycles. The zero-order valence-electron chi connectivity index (χ0n) is 20.5. The Kier molecular flexibility index (Phi) is 8.30. The maximum absolute atomic E-state index is 13.8. The Bertz CT molecular complexity index is 1110. The van der Waals surface area contributed by atoms with E-state index in [1.165, 1.54) is 0 Å². The van der Waals surface area contributed by atoms with E-state index in [0.29, 0.717) is 24.3 Å². The normalized spacial score (nSPS) is 11.4. The highest BCUT2D eigenvalue weighted by molar-refractivity contribution is 5.95. The van der Waals surface area contributed by atoms with Gasteiger partial charge in [0.05, 0.1) is 13.2 Å². The van der Waals surface area contributed by atoms with E-state index < -0.39 is 0 Å². The summed E-state index contributed by atoms with van der Waals surface area (Å²) in [5, 5.41) is 2.93. The molecule has 0 saturated carbocycles. The van der Waals surface area contributed by atoms with Gasteiger partial charge in [-0.05, 0) is 60.5 Å². The molecule has 0 saturated heterocycles. The summed E-state index contributed by atoms with van der Waals surface area (Å²) in [6, 6.07) is 22.8. The largest absolute Gasteiger partial charge is 0.497 e. The summed E-state index contributed by atoms with van der Waals surface area (Å²) in [7, 11) is 5.55. The fourth-order valence-corrected chi connectivity index (χ4v) is 3.85. The second-order valence-electron chi connectivity index (χ2n) is 8.39. The zero-order chi connectivity index (χ0) is 24.7. The summed E-state index contributed by atoms with van der Waals surface area (Å²) in [5.74, 6) is 0.576. The molecule has 3 aromatic carbocycles. The molecule has 0 aliphatic heterocycles. The minimum atomic E-state index is -0.167. The van der Waals surface area contributed by atoms with Crippen molar-refractivity contribution < 1.29 is 14.3 Å². The lowest BCUT2D eigenvalue weighted by Gasteiger charge is -2.32. The van der Waals surface area contributed by atoms with Crippen LogP contribution in [0.2, 0.25) is 0 Å². The molecule has 178 valence electrons. The van der Waals surface area contributed by atoms with E-state index in [4.69, 9.17) is 4.74 Å². The van der Waals surface area contributed by atoms with Crippen LogP contribution in [0.25, 0.3) is 0 Å². The average Bonchev–Trinajstić information content (AvgIpc) is 2.86. The number of anilines is 2. The molecule has 3 aromatic rings. The predicted molar refractivity (Wildman–Crippen MR) is 137 cm³/mol. The van der Waals surface area contributed by atoms with Crippen molar-refractivity contribution in [2.24, 2.45) is 0 Å². The van der Waals surface area contributed by atoms with E-state index in [-0.39, 0.29) is 17.9 Å². The maximum atomic E-state index is 13.8. The second kappa shape index (κ2) is 11.4. The minimum Gasteiger partial charge on any atom is -0.497 e. The lowest BCUT2D eigenvalue weighted by atomic mass is 10.0. The van der Waals surface area contributed by atoms with Crippen LogP contribution in [0.3, 0.4) is 0 Å².